The molecule has 2 aromatic heterocycles. The minimum Gasteiger partial charge on any atom is -0.465 e. The van der Waals surface area contributed by atoms with E-state index in [4.69, 9.17) is 0 Å². The smallest absolute Gasteiger partial charge is 0.406 e. The molecule has 0 radical (unpaired) electrons. The Balaban J connectivity index is 1.84. The number of carbonyl (C=O) groups is 1. The Morgan fingerprint density at radius 3 is 2.90 bits per heavy atom. The van der Waals surface area contributed by atoms with Crippen LogP contribution in [-0.2, 0) is 5.66 Å². The number of hydrogen-bond donors (Lipinski definition) is 3. The Labute approximate surface area is 122 Å². The van der Waals surface area contributed by atoms with Gasteiger partial charge in [-0.15, -0.1) is 0 Å². The number of piperidine rings is 3. The number of amides is 1. The molecular formula is C15H18N4O2. The predicted octanol–water partition coefficient (Wildman–Crippen LogP) is 2.10. The lowest BCUT2D eigenvalue weighted by atomic mass is 9.78. The normalized spacial score (nSPS) is 31.4. The molecule has 110 valence electrons. The van der Waals surface area contributed by atoms with Gasteiger partial charge in [0.05, 0.1) is 5.69 Å². The molecule has 2 aromatic rings. The number of aromatic nitrogens is 2. The van der Waals surface area contributed by atoms with Crippen molar-refractivity contribution in [1.82, 2.24) is 20.2 Å². The molecule has 1 amide bonds. The van der Waals surface area contributed by atoms with E-state index in [-0.39, 0.29) is 0 Å². The third-order valence-corrected chi connectivity index (χ3v) is 4.89. The molecule has 2 bridgehead atoms. The molecule has 3 N–H and O–H groups in total. The predicted molar refractivity (Wildman–Crippen MR) is 77.8 cm³/mol. The fraction of sp³-hybridized carbons (Fsp3) is 0.467. The van der Waals surface area contributed by atoms with Crippen molar-refractivity contribution in [3.63, 3.8) is 0 Å². The van der Waals surface area contributed by atoms with Crippen LogP contribution in [0.15, 0.2) is 24.4 Å². The first-order valence-corrected chi connectivity index (χ1v) is 7.38. The van der Waals surface area contributed by atoms with Crippen LogP contribution in [-0.4, -0.2) is 39.2 Å². The monoisotopic (exact) mass is 286 g/mol. The van der Waals surface area contributed by atoms with Crippen LogP contribution < -0.4 is 5.32 Å². The molecule has 6 nitrogen and oxygen atoms in total. The van der Waals surface area contributed by atoms with Crippen LogP contribution in [0.25, 0.3) is 11.0 Å². The van der Waals surface area contributed by atoms with E-state index < -0.39 is 11.8 Å². The highest BCUT2D eigenvalue weighted by molar-refractivity contribution is 5.77. The van der Waals surface area contributed by atoms with E-state index >= 15 is 0 Å². The maximum atomic E-state index is 11.4. The van der Waals surface area contributed by atoms with Crippen LogP contribution in [0.1, 0.15) is 25.0 Å². The first-order valence-electron chi connectivity index (χ1n) is 7.38. The largest absolute Gasteiger partial charge is 0.465 e. The number of aromatic amines is 1. The van der Waals surface area contributed by atoms with Gasteiger partial charge in [-0.1, -0.05) is 0 Å². The maximum Gasteiger partial charge on any atom is 0.406 e. The van der Waals surface area contributed by atoms with Crippen LogP contribution in [0, 0.1) is 5.92 Å². The summed E-state index contributed by atoms with van der Waals surface area (Å²) in [5.41, 5.74) is 1.08. The van der Waals surface area contributed by atoms with Gasteiger partial charge in [0.1, 0.15) is 11.3 Å². The molecule has 5 rings (SSSR count). The molecule has 6 heteroatoms. The van der Waals surface area contributed by atoms with Gasteiger partial charge >= 0.3 is 6.09 Å². The molecular weight excluding hydrogens is 268 g/mol. The van der Waals surface area contributed by atoms with Crippen molar-refractivity contribution < 1.29 is 9.90 Å². The van der Waals surface area contributed by atoms with Gasteiger partial charge in [-0.2, -0.15) is 0 Å². The van der Waals surface area contributed by atoms with E-state index in [0.29, 0.717) is 5.92 Å². The van der Waals surface area contributed by atoms with Crippen LogP contribution in [0.5, 0.6) is 0 Å². The van der Waals surface area contributed by atoms with Gasteiger partial charge in [-0.25, -0.2) is 9.78 Å². The molecule has 0 aliphatic carbocycles. The number of carboxylic acid groups (broad SMARTS) is 1. The molecule has 5 heterocycles. The van der Waals surface area contributed by atoms with Crippen LogP contribution in [0.4, 0.5) is 4.79 Å². The summed E-state index contributed by atoms with van der Waals surface area (Å²) >= 11 is 0. The molecule has 21 heavy (non-hydrogen) atoms. The lowest BCUT2D eigenvalue weighted by molar-refractivity contribution is -0.0539. The standard InChI is InChI=1S/C15H18N4O2/c20-14(21)18-15(9-10-3-6-19(15)7-4-10)12-8-11-2-1-5-16-13(11)17-12/h1-2,5,8,10,18H,3-4,6-7,9H2,(H,16,17)(H,20,21). The molecule has 3 fully saturated rings. The second-order valence-corrected chi connectivity index (χ2v) is 6.05. The molecule has 1 unspecified atom stereocenters. The summed E-state index contributed by atoms with van der Waals surface area (Å²) in [6, 6.07) is 5.91. The molecule has 0 spiro atoms. The van der Waals surface area contributed by atoms with Gasteiger partial charge in [0.2, 0.25) is 0 Å². The number of rotatable bonds is 2. The van der Waals surface area contributed by atoms with Gasteiger partial charge in [0, 0.05) is 24.7 Å². The molecule has 1 atom stereocenters. The van der Waals surface area contributed by atoms with E-state index in [1.54, 1.807) is 6.20 Å². The van der Waals surface area contributed by atoms with Crippen molar-refractivity contribution in [2.24, 2.45) is 5.92 Å². The van der Waals surface area contributed by atoms with Gasteiger partial charge in [-0.05, 0) is 43.4 Å². The molecule has 0 saturated carbocycles. The quantitative estimate of drug-likeness (QED) is 0.789. The minimum absolute atomic E-state index is 0.584. The van der Waals surface area contributed by atoms with E-state index in [1.165, 1.54) is 0 Å². The van der Waals surface area contributed by atoms with Crippen LogP contribution in [0.2, 0.25) is 0 Å². The Bertz CT molecular complexity index is 657. The van der Waals surface area contributed by atoms with Crippen LogP contribution >= 0.6 is 0 Å². The summed E-state index contributed by atoms with van der Waals surface area (Å²) in [6.45, 7) is 1.88. The Kier molecular flexibility index (Phi) is 2.68. The first-order chi connectivity index (χ1) is 10.2. The van der Waals surface area contributed by atoms with Crippen molar-refractivity contribution in [3.05, 3.63) is 30.1 Å². The fourth-order valence-corrected chi connectivity index (χ4v) is 3.90. The van der Waals surface area contributed by atoms with Crippen molar-refractivity contribution in [2.75, 3.05) is 13.1 Å². The summed E-state index contributed by atoms with van der Waals surface area (Å²) in [5.74, 6) is 0.584. The third-order valence-electron chi connectivity index (χ3n) is 4.89. The Hall–Kier alpha value is -2.08. The molecule has 0 aromatic carbocycles. The van der Waals surface area contributed by atoms with Crippen LogP contribution in [0.3, 0.4) is 0 Å². The first kappa shape index (κ1) is 12.6. The van der Waals surface area contributed by atoms with Crippen molar-refractivity contribution >= 4 is 17.1 Å². The average molecular weight is 286 g/mol. The fourth-order valence-electron chi connectivity index (χ4n) is 3.90. The zero-order valence-electron chi connectivity index (χ0n) is 11.7. The highest BCUT2D eigenvalue weighted by atomic mass is 16.4. The van der Waals surface area contributed by atoms with Gasteiger partial charge in [0.25, 0.3) is 0 Å². The van der Waals surface area contributed by atoms with Gasteiger partial charge in [0.15, 0.2) is 0 Å². The van der Waals surface area contributed by atoms with Crippen molar-refractivity contribution in [3.8, 4) is 0 Å². The lowest BCUT2D eigenvalue weighted by Crippen LogP contribution is -2.64. The topological polar surface area (TPSA) is 81.2 Å². The third kappa shape index (κ3) is 1.90. The van der Waals surface area contributed by atoms with Gasteiger partial charge < -0.3 is 10.1 Å². The number of nitrogens with one attached hydrogen (secondary N) is 2. The van der Waals surface area contributed by atoms with E-state index in [1.807, 2.05) is 18.2 Å². The number of nitrogens with zero attached hydrogens (tertiary/aromatic N) is 2. The Morgan fingerprint density at radius 1 is 1.48 bits per heavy atom. The second kappa shape index (κ2) is 4.46. The van der Waals surface area contributed by atoms with E-state index in [9.17, 15) is 9.90 Å². The zero-order chi connectivity index (χ0) is 14.4. The summed E-state index contributed by atoms with van der Waals surface area (Å²) < 4.78 is 0. The molecule has 3 aliphatic rings. The van der Waals surface area contributed by atoms with E-state index in [2.05, 4.69) is 20.2 Å². The number of pyridine rings is 1. The van der Waals surface area contributed by atoms with E-state index in [0.717, 1.165) is 49.1 Å². The average Bonchev–Trinajstić information content (AvgIpc) is 2.92. The SMILES string of the molecule is O=C(O)NC1(c2cc3cccnc3[nH]2)CC2CCN1CC2. The molecule has 3 aliphatic heterocycles. The molecule has 3 saturated heterocycles. The summed E-state index contributed by atoms with van der Waals surface area (Å²) in [7, 11) is 0. The van der Waals surface area contributed by atoms with Crippen molar-refractivity contribution in [2.45, 2.75) is 24.9 Å². The highest BCUT2D eigenvalue weighted by Crippen LogP contribution is 2.43. The summed E-state index contributed by atoms with van der Waals surface area (Å²) in [4.78, 5) is 21.3. The number of H-pyrrole nitrogens is 1. The summed E-state index contributed by atoms with van der Waals surface area (Å²) in [6.07, 6.45) is 3.90. The number of fused-ring (bicyclic) bond motifs is 4. The minimum atomic E-state index is -0.978. The van der Waals surface area contributed by atoms with Crippen molar-refractivity contribution in [1.29, 1.82) is 0 Å². The Morgan fingerprint density at radius 2 is 2.29 bits per heavy atom. The maximum absolute atomic E-state index is 11.4. The highest BCUT2D eigenvalue weighted by Gasteiger charge is 2.49. The number of hydrogen-bond acceptors (Lipinski definition) is 3. The second-order valence-electron chi connectivity index (χ2n) is 6.05. The van der Waals surface area contributed by atoms with Gasteiger partial charge in [-0.3, -0.25) is 10.2 Å². The zero-order valence-corrected chi connectivity index (χ0v) is 11.7. The summed E-state index contributed by atoms with van der Waals surface area (Å²) in [5, 5.41) is 13.1. The lowest BCUT2D eigenvalue weighted by Gasteiger charge is -2.53.